The van der Waals surface area contributed by atoms with E-state index in [4.69, 9.17) is 11.6 Å². The van der Waals surface area contributed by atoms with E-state index in [1.165, 1.54) is 0 Å². The van der Waals surface area contributed by atoms with E-state index >= 15 is 0 Å². The van der Waals surface area contributed by atoms with Crippen LogP contribution in [0, 0.1) is 0 Å². The number of urea groups is 1. The number of piperazine rings is 1. The van der Waals surface area contributed by atoms with Crippen molar-refractivity contribution < 1.29 is 9.59 Å². The lowest BCUT2D eigenvalue weighted by atomic mass is 10.1. The molecule has 3 amide bonds. The molecule has 25 heavy (non-hydrogen) atoms. The maximum absolute atomic E-state index is 12.4. The highest BCUT2D eigenvalue weighted by atomic mass is 35.5. The molecule has 0 unspecified atom stereocenters. The summed E-state index contributed by atoms with van der Waals surface area (Å²) in [5, 5.41) is 3.50. The third-order valence-corrected chi connectivity index (χ3v) is 4.42. The van der Waals surface area contributed by atoms with Crippen molar-refractivity contribution in [1.82, 2.24) is 9.80 Å². The molecule has 0 saturated carbocycles. The summed E-state index contributed by atoms with van der Waals surface area (Å²) >= 11 is 5.96. The van der Waals surface area contributed by atoms with E-state index in [-0.39, 0.29) is 11.9 Å². The van der Waals surface area contributed by atoms with Crippen LogP contribution in [0.5, 0.6) is 0 Å². The number of halogens is 1. The molecule has 130 valence electrons. The summed E-state index contributed by atoms with van der Waals surface area (Å²) in [6.45, 7) is 2.14. The smallest absolute Gasteiger partial charge is 0.321 e. The van der Waals surface area contributed by atoms with E-state index in [1.807, 2.05) is 48.5 Å². The molecule has 6 heteroatoms. The van der Waals surface area contributed by atoms with Gasteiger partial charge in [-0.3, -0.25) is 4.79 Å². The van der Waals surface area contributed by atoms with E-state index in [0.717, 1.165) is 11.3 Å². The van der Waals surface area contributed by atoms with Crippen LogP contribution in [0.25, 0.3) is 0 Å². The SMILES string of the molecule is O=C(Cc1cccc(Cl)c1)N1CCN(C(=O)Nc2ccccc2)CC1. The molecule has 0 radical (unpaired) electrons. The fourth-order valence-corrected chi connectivity index (χ4v) is 3.03. The number of amides is 3. The average molecular weight is 358 g/mol. The second-order valence-corrected chi connectivity index (χ2v) is 6.41. The topological polar surface area (TPSA) is 52.7 Å². The Morgan fingerprint density at radius 1 is 0.920 bits per heavy atom. The van der Waals surface area contributed by atoms with Gasteiger partial charge in [-0.15, -0.1) is 0 Å². The number of carbonyl (C=O) groups excluding carboxylic acids is 2. The summed E-state index contributed by atoms with van der Waals surface area (Å²) in [6.07, 6.45) is 0.330. The van der Waals surface area contributed by atoms with Gasteiger partial charge < -0.3 is 15.1 Å². The Balaban J connectivity index is 1.49. The van der Waals surface area contributed by atoms with Crippen molar-refractivity contribution in [3.8, 4) is 0 Å². The first-order valence-corrected chi connectivity index (χ1v) is 8.63. The predicted molar refractivity (Wildman–Crippen MR) is 98.8 cm³/mol. The molecule has 1 saturated heterocycles. The van der Waals surface area contributed by atoms with E-state index in [9.17, 15) is 9.59 Å². The zero-order valence-corrected chi connectivity index (χ0v) is 14.6. The molecule has 0 aliphatic carbocycles. The molecule has 0 bridgehead atoms. The standard InChI is InChI=1S/C19H20ClN3O2/c20-16-6-4-5-15(13-16)14-18(24)22-9-11-23(12-10-22)19(25)21-17-7-2-1-3-8-17/h1-8,13H,9-12,14H2,(H,21,25). The average Bonchev–Trinajstić information content (AvgIpc) is 2.62. The molecule has 5 nitrogen and oxygen atoms in total. The summed E-state index contributed by atoms with van der Waals surface area (Å²) in [5.41, 5.74) is 1.67. The Morgan fingerprint density at radius 2 is 1.60 bits per heavy atom. The molecule has 1 N–H and O–H groups in total. The predicted octanol–water partition coefficient (Wildman–Crippen LogP) is 3.26. The Labute approximate surface area is 152 Å². The molecule has 1 aliphatic rings. The second kappa shape index (κ2) is 8.03. The van der Waals surface area contributed by atoms with Gasteiger partial charge in [-0.25, -0.2) is 4.79 Å². The number of hydrogen-bond donors (Lipinski definition) is 1. The summed E-state index contributed by atoms with van der Waals surface area (Å²) in [5.74, 6) is 0.0605. The zero-order valence-electron chi connectivity index (χ0n) is 13.8. The Hall–Kier alpha value is -2.53. The molecule has 2 aromatic carbocycles. The molecule has 1 aliphatic heterocycles. The first-order chi connectivity index (χ1) is 12.1. The highest BCUT2D eigenvalue weighted by Crippen LogP contribution is 2.13. The monoisotopic (exact) mass is 357 g/mol. The molecule has 0 spiro atoms. The van der Waals surface area contributed by atoms with Crippen LogP contribution in [0.15, 0.2) is 54.6 Å². The normalized spacial score (nSPS) is 14.3. The highest BCUT2D eigenvalue weighted by molar-refractivity contribution is 6.30. The van der Waals surface area contributed by atoms with Crippen molar-refractivity contribution >= 4 is 29.2 Å². The minimum Gasteiger partial charge on any atom is -0.339 e. The number of anilines is 1. The van der Waals surface area contributed by atoms with Crippen molar-refractivity contribution in [2.75, 3.05) is 31.5 Å². The molecule has 1 fully saturated rings. The molecular formula is C19H20ClN3O2. The molecule has 1 heterocycles. The lowest BCUT2D eigenvalue weighted by molar-refractivity contribution is -0.131. The Morgan fingerprint density at radius 3 is 2.28 bits per heavy atom. The maximum Gasteiger partial charge on any atom is 0.321 e. The van der Waals surface area contributed by atoms with Crippen LogP contribution < -0.4 is 5.32 Å². The number of rotatable bonds is 3. The molecule has 2 aromatic rings. The minimum absolute atomic E-state index is 0.0605. The van der Waals surface area contributed by atoms with E-state index in [2.05, 4.69) is 5.32 Å². The number of benzene rings is 2. The fourth-order valence-electron chi connectivity index (χ4n) is 2.82. The van der Waals surface area contributed by atoms with Gasteiger partial charge in [-0.1, -0.05) is 41.9 Å². The quantitative estimate of drug-likeness (QED) is 0.916. The summed E-state index contributed by atoms with van der Waals surface area (Å²) in [6, 6.07) is 16.6. The van der Waals surface area contributed by atoms with Crippen LogP contribution in [0.2, 0.25) is 5.02 Å². The summed E-state index contributed by atoms with van der Waals surface area (Å²) < 4.78 is 0. The van der Waals surface area contributed by atoms with Gasteiger partial charge in [0.1, 0.15) is 0 Å². The Bertz CT molecular complexity index is 743. The van der Waals surface area contributed by atoms with E-state index < -0.39 is 0 Å². The number of nitrogens with one attached hydrogen (secondary N) is 1. The van der Waals surface area contributed by atoms with Gasteiger partial charge in [0.2, 0.25) is 5.91 Å². The van der Waals surface area contributed by atoms with Gasteiger partial charge in [-0.05, 0) is 29.8 Å². The largest absolute Gasteiger partial charge is 0.339 e. The van der Waals surface area contributed by atoms with Crippen LogP contribution in [0.1, 0.15) is 5.56 Å². The van der Waals surface area contributed by atoms with Crippen molar-refractivity contribution in [2.45, 2.75) is 6.42 Å². The molecule has 0 aromatic heterocycles. The third kappa shape index (κ3) is 4.73. The first-order valence-electron chi connectivity index (χ1n) is 8.25. The van der Waals surface area contributed by atoms with Crippen LogP contribution in [-0.2, 0) is 11.2 Å². The van der Waals surface area contributed by atoms with Gasteiger partial charge in [-0.2, -0.15) is 0 Å². The van der Waals surface area contributed by atoms with Gasteiger partial charge >= 0.3 is 6.03 Å². The van der Waals surface area contributed by atoms with Gasteiger partial charge in [0.05, 0.1) is 6.42 Å². The Kier molecular flexibility index (Phi) is 5.56. The van der Waals surface area contributed by atoms with Crippen LogP contribution >= 0.6 is 11.6 Å². The van der Waals surface area contributed by atoms with Crippen molar-refractivity contribution in [3.63, 3.8) is 0 Å². The van der Waals surface area contributed by atoms with E-state index in [0.29, 0.717) is 37.6 Å². The summed E-state index contributed by atoms with van der Waals surface area (Å²) in [7, 11) is 0. The van der Waals surface area contributed by atoms with Crippen molar-refractivity contribution in [2.24, 2.45) is 0 Å². The van der Waals surface area contributed by atoms with Crippen LogP contribution in [0.4, 0.5) is 10.5 Å². The number of hydrogen-bond acceptors (Lipinski definition) is 2. The molecule has 0 atom stereocenters. The first kappa shape index (κ1) is 17.3. The van der Waals surface area contributed by atoms with Gasteiger partial charge in [0.25, 0.3) is 0 Å². The van der Waals surface area contributed by atoms with Crippen molar-refractivity contribution in [1.29, 1.82) is 0 Å². The maximum atomic E-state index is 12.4. The van der Waals surface area contributed by atoms with Gasteiger partial charge in [0.15, 0.2) is 0 Å². The lowest BCUT2D eigenvalue weighted by Gasteiger charge is -2.34. The number of nitrogens with zero attached hydrogens (tertiary/aromatic N) is 2. The number of carbonyl (C=O) groups is 2. The van der Waals surface area contributed by atoms with Gasteiger partial charge in [0, 0.05) is 36.9 Å². The molecular weight excluding hydrogens is 338 g/mol. The fraction of sp³-hybridized carbons (Fsp3) is 0.263. The lowest BCUT2D eigenvalue weighted by Crippen LogP contribution is -2.52. The minimum atomic E-state index is -0.131. The third-order valence-electron chi connectivity index (χ3n) is 4.19. The van der Waals surface area contributed by atoms with Crippen LogP contribution in [0.3, 0.4) is 0 Å². The zero-order chi connectivity index (χ0) is 17.6. The summed E-state index contributed by atoms with van der Waals surface area (Å²) in [4.78, 5) is 28.2. The second-order valence-electron chi connectivity index (χ2n) is 5.97. The van der Waals surface area contributed by atoms with E-state index in [1.54, 1.807) is 15.9 Å². The highest BCUT2D eigenvalue weighted by Gasteiger charge is 2.24. The number of para-hydroxylation sites is 1. The molecule has 3 rings (SSSR count). The van der Waals surface area contributed by atoms with Crippen molar-refractivity contribution in [3.05, 3.63) is 65.2 Å². The van der Waals surface area contributed by atoms with Crippen LogP contribution in [-0.4, -0.2) is 47.9 Å².